The minimum atomic E-state index is -1.10. The topological polar surface area (TPSA) is 96.9 Å². The van der Waals surface area contributed by atoms with Crippen LogP contribution in [0.5, 0.6) is 0 Å². The molecule has 3 heterocycles. The number of aromatic nitrogens is 3. The summed E-state index contributed by atoms with van der Waals surface area (Å²) < 4.78 is 2.93. The molecule has 8 nitrogen and oxygen atoms in total. The van der Waals surface area contributed by atoms with Gasteiger partial charge in [-0.05, 0) is 37.1 Å². The van der Waals surface area contributed by atoms with Gasteiger partial charge in [0, 0.05) is 36.0 Å². The van der Waals surface area contributed by atoms with Gasteiger partial charge in [-0.3, -0.25) is 19.0 Å². The van der Waals surface area contributed by atoms with Crippen LogP contribution in [0.25, 0.3) is 5.52 Å². The summed E-state index contributed by atoms with van der Waals surface area (Å²) in [5.74, 6) is -0.236. The molecule has 0 atom stereocenters. The number of likely N-dealkylation sites (tertiary alicyclic amines) is 1. The Kier molecular flexibility index (Phi) is 5.59. The largest absolute Gasteiger partial charge is 0.388 e. The number of nitrogens with zero attached hydrogens (tertiary/aromatic N) is 4. The Balaban J connectivity index is 1.23. The van der Waals surface area contributed by atoms with E-state index in [4.69, 9.17) is 0 Å². The van der Waals surface area contributed by atoms with Gasteiger partial charge in [-0.1, -0.05) is 42.5 Å². The molecule has 0 bridgehead atoms. The van der Waals surface area contributed by atoms with E-state index in [0.717, 1.165) is 0 Å². The average molecular weight is 457 g/mol. The van der Waals surface area contributed by atoms with Crippen LogP contribution in [0.4, 0.5) is 0 Å². The number of hydrogen-bond acceptors (Lipinski definition) is 5. The molecule has 0 unspecified atom stereocenters. The highest BCUT2D eigenvalue weighted by Gasteiger charge is 2.35. The second kappa shape index (κ2) is 8.72. The van der Waals surface area contributed by atoms with Crippen molar-refractivity contribution in [2.45, 2.75) is 25.0 Å². The number of aliphatic hydroxyl groups is 1. The smallest absolute Gasteiger partial charge is 0.277 e. The monoisotopic (exact) mass is 456 g/mol. The van der Waals surface area contributed by atoms with E-state index < -0.39 is 5.60 Å². The van der Waals surface area contributed by atoms with Gasteiger partial charge in [-0.15, -0.1) is 0 Å². The van der Waals surface area contributed by atoms with Crippen LogP contribution < -0.4 is 5.56 Å². The van der Waals surface area contributed by atoms with E-state index in [9.17, 15) is 19.5 Å². The SMILES string of the molecule is O=C(c1ccccc1)c1ccc(C(=O)N2CCC(O)(Cn3cnn4cccc4c3=O)CC2)cc1. The molecule has 4 aromatic rings. The lowest BCUT2D eigenvalue weighted by atomic mass is 9.90. The van der Waals surface area contributed by atoms with Crippen LogP contribution in [-0.4, -0.2) is 54.6 Å². The summed E-state index contributed by atoms with van der Waals surface area (Å²) in [7, 11) is 0. The number of carbonyl (C=O) groups excluding carboxylic acids is 2. The van der Waals surface area contributed by atoms with Crippen LogP contribution >= 0.6 is 0 Å². The van der Waals surface area contributed by atoms with Crippen LogP contribution in [0.2, 0.25) is 0 Å². The van der Waals surface area contributed by atoms with E-state index >= 15 is 0 Å². The molecule has 2 aromatic carbocycles. The zero-order valence-electron chi connectivity index (χ0n) is 18.5. The van der Waals surface area contributed by atoms with Crippen LogP contribution in [0, 0.1) is 0 Å². The molecule has 1 aliphatic heterocycles. The zero-order chi connectivity index (χ0) is 23.7. The first-order chi connectivity index (χ1) is 16.4. The maximum Gasteiger partial charge on any atom is 0.277 e. The molecule has 0 aliphatic carbocycles. The molecule has 0 spiro atoms. The fraction of sp³-hybridized carbons (Fsp3) is 0.231. The van der Waals surface area contributed by atoms with Gasteiger partial charge in [0.05, 0.1) is 12.1 Å². The molecule has 0 saturated carbocycles. The van der Waals surface area contributed by atoms with Gasteiger partial charge >= 0.3 is 0 Å². The van der Waals surface area contributed by atoms with E-state index in [2.05, 4.69) is 5.10 Å². The molecule has 1 N–H and O–H groups in total. The highest BCUT2D eigenvalue weighted by molar-refractivity contribution is 6.09. The molecule has 1 saturated heterocycles. The fourth-order valence-electron chi connectivity index (χ4n) is 4.38. The third kappa shape index (κ3) is 4.15. The molecule has 5 rings (SSSR count). The van der Waals surface area contributed by atoms with E-state index in [1.54, 1.807) is 59.6 Å². The van der Waals surface area contributed by atoms with Crippen molar-refractivity contribution in [1.82, 2.24) is 19.1 Å². The highest BCUT2D eigenvalue weighted by Crippen LogP contribution is 2.25. The molecule has 2 aromatic heterocycles. The van der Waals surface area contributed by atoms with E-state index in [1.165, 1.54) is 15.4 Å². The minimum Gasteiger partial charge on any atom is -0.388 e. The molecule has 1 aliphatic rings. The number of hydrogen-bond donors (Lipinski definition) is 1. The summed E-state index contributed by atoms with van der Waals surface area (Å²) in [5.41, 5.74) is 0.760. The molecular formula is C26H24N4O4. The average Bonchev–Trinajstić information content (AvgIpc) is 3.36. The summed E-state index contributed by atoms with van der Waals surface area (Å²) >= 11 is 0. The minimum absolute atomic E-state index is 0.0919. The first kappa shape index (κ1) is 21.8. The fourth-order valence-corrected chi connectivity index (χ4v) is 4.38. The van der Waals surface area contributed by atoms with Crippen molar-refractivity contribution in [3.05, 3.63) is 106 Å². The Hall–Kier alpha value is -4.04. The van der Waals surface area contributed by atoms with Crippen molar-refractivity contribution in [3.8, 4) is 0 Å². The molecule has 8 heteroatoms. The maximum absolute atomic E-state index is 13.0. The van der Waals surface area contributed by atoms with Gasteiger partial charge in [0.2, 0.25) is 0 Å². The number of carbonyl (C=O) groups is 2. The number of fused-ring (bicyclic) bond motifs is 1. The molecule has 172 valence electrons. The first-order valence-electron chi connectivity index (χ1n) is 11.2. The Labute approximate surface area is 195 Å². The van der Waals surface area contributed by atoms with Gasteiger partial charge in [-0.25, -0.2) is 4.52 Å². The predicted octanol–water partition coefficient (Wildman–Crippen LogP) is 2.39. The number of amides is 1. The van der Waals surface area contributed by atoms with E-state index in [1.807, 2.05) is 18.2 Å². The van der Waals surface area contributed by atoms with Crippen molar-refractivity contribution in [1.29, 1.82) is 0 Å². The number of ketones is 1. The number of piperidine rings is 1. The normalized spacial score (nSPS) is 15.4. The van der Waals surface area contributed by atoms with Crippen molar-refractivity contribution in [3.63, 3.8) is 0 Å². The van der Waals surface area contributed by atoms with Crippen LogP contribution in [0.15, 0.2) is 84.0 Å². The van der Waals surface area contributed by atoms with E-state index in [-0.39, 0.29) is 23.8 Å². The van der Waals surface area contributed by atoms with Gasteiger partial charge in [-0.2, -0.15) is 5.10 Å². The summed E-state index contributed by atoms with van der Waals surface area (Å²) in [6.45, 7) is 0.865. The Bertz CT molecular complexity index is 1400. The zero-order valence-corrected chi connectivity index (χ0v) is 18.5. The Morgan fingerprint density at radius 2 is 1.53 bits per heavy atom. The van der Waals surface area contributed by atoms with Gasteiger partial charge in [0.15, 0.2) is 5.78 Å². The molecule has 34 heavy (non-hydrogen) atoms. The van der Waals surface area contributed by atoms with Gasteiger partial charge in [0.1, 0.15) is 11.8 Å². The van der Waals surface area contributed by atoms with Crippen LogP contribution in [0.1, 0.15) is 39.1 Å². The lowest BCUT2D eigenvalue weighted by Crippen LogP contribution is -2.49. The van der Waals surface area contributed by atoms with E-state index in [0.29, 0.717) is 48.1 Å². The maximum atomic E-state index is 13.0. The Morgan fingerprint density at radius 3 is 2.24 bits per heavy atom. The van der Waals surface area contributed by atoms with Crippen molar-refractivity contribution in [2.75, 3.05) is 13.1 Å². The lowest BCUT2D eigenvalue weighted by Gasteiger charge is -2.38. The van der Waals surface area contributed by atoms with Crippen molar-refractivity contribution in [2.24, 2.45) is 0 Å². The summed E-state index contributed by atoms with van der Waals surface area (Å²) in [6, 6.07) is 19.1. The van der Waals surface area contributed by atoms with Gasteiger partial charge < -0.3 is 10.0 Å². The standard InChI is InChI=1S/C26H24N4O4/c31-23(19-5-2-1-3-6-19)20-8-10-21(11-9-20)24(32)28-15-12-26(34,13-16-28)17-29-18-27-30-14-4-7-22(30)25(29)33/h1-11,14,18,34H,12-13,15-17H2. The third-order valence-corrected chi connectivity index (χ3v) is 6.40. The lowest BCUT2D eigenvalue weighted by molar-refractivity contribution is -0.0300. The molecule has 1 fully saturated rings. The highest BCUT2D eigenvalue weighted by atomic mass is 16.3. The third-order valence-electron chi connectivity index (χ3n) is 6.40. The van der Waals surface area contributed by atoms with Crippen LogP contribution in [-0.2, 0) is 6.54 Å². The number of benzene rings is 2. The van der Waals surface area contributed by atoms with Crippen molar-refractivity contribution < 1.29 is 14.7 Å². The number of rotatable bonds is 5. The molecular weight excluding hydrogens is 432 g/mol. The summed E-state index contributed by atoms with van der Waals surface area (Å²) in [4.78, 5) is 39.9. The molecule has 0 radical (unpaired) electrons. The summed E-state index contributed by atoms with van der Waals surface area (Å²) in [5, 5.41) is 15.3. The van der Waals surface area contributed by atoms with Crippen LogP contribution in [0.3, 0.4) is 0 Å². The van der Waals surface area contributed by atoms with Gasteiger partial charge in [0.25, 0.3) is 11.5 Å². The summed E-state index contributed by atoms with van der Waals surface area (Å²) in [6.07, 6.45) is 3.83. The van der Waals surface area contributed by atoms with Crippen molar-refractivity contribution >= 4 is 17.2 Å². The predicted molar refractivity (Wildman–Crippen MR) is 126 cm³/mol. The first-order valence-corrected chi connectivity index (χ1v) is 11.2. The second-order valence-corrected chi connectivity index (χ2v) is 8.69. The molecule has 1 amide bonds. The Morgan fingerprint density at radius 1 is 0.882 bits per heavy atom. The second-order valence-electron chi connectivity index (χ2n) is 8.69. The quantitative estimate of drug-likeness (QED) is 0.465.